The molecule has 1 fully saturated rings. The van der Waals surface area contributed by atoms with E-state index in [2.05, 4.69) is 0 Å². The molecule has 21 heavy (non-hydrogen) atoms. The molecule has 112 valence electrons. The number of para-hydroxylation sites is 1. The summed E-state index contributed by atoms with van der Waals surface area (Å²) in [6, 6.07) is 6.35. The highest BCUT2D eigenvalue weighted by atomic mass is 16.6. The number of ether oxygens (including phenoxy) is 1. The van der Waals surface area contributed by atoms with Gasteiger partial charge in [-0.1, -0.05) is 12.1 Å². The lowest BCUT2D eigenvalue weighted by Gasteiger charge is -2.36. The van der Waals surface area contributed by atoms with Crippen molar-refractivity contribution < 1.29 is 14.5 Å². The van der Waals surface area contributed by atoms with Gasteiger partial charge in [-0.05, 0) is 26.0 Å². The van der Waals surface area contributed by atoms with Gasteiger partial charge in [0, 0.05) is 18.7 Å². The molecule has 1 heterocycles. The maximum atomic E-state index is 12.2. The second-order valence-corrected chi connectivity index (χ2v) is 5.13. The van der Waals surface area contributed by atoms with Gasteiger partial charge in [-0.3, -0.25) is 14.9 Å². The van der Waals surface area contributed by atoms with Crippen molar-refractivity contribution in [3.8, 4) is 0 Å². The third kappa shape index (κ3) is 3.66. The average Bonchev–Trinajstić information content (AvgIpc) is 2.47. The molecule has 0 N–H and O–H groups in total. The first-order valence-corrected chi connectivity index (χ1v) is 6.82. The van der Waals surface area contributed by atoms with Gasteiger partial charge in [-0.2, -0.15) is 0 Å². The van der Waals surface area contributed by atoms with E-state index in [1.165, 1.54) is 18.2 Å². The number of carbonyl (C=O) groups excluding carboxylic acids is 1. The van der Waals surface area contributed by atoms with Crippen LogP contribution in [0.3, 0.4) is 0 Å². The van der Waals surface area contributed by atoms with E-state index in [1.807, 2.05) is 13.8 Å². The maximum Gasteiger partial charge on any atom is 0.276 e. The number of morpholine rings is 1. The summed E-state index contributed by atoms with van der Waals surface area (Å²) in [5.41, 5.74) is 0.412. The quantitative estimate of drug-likeness (QED) is 0.486. The number of hydrogen-bond acceptors (Lipinski definition) is 4. The Morgan fingerprint density at radius 2 is 2.14 bits per heavy atom. The first kappa shape index (κ1) is 15.2. The normalized spacial score (nSPS) is 22.5. The Balaban J connectivity index is 2.14. The Bertz CT molecular complexity index is 571. The van der Waals surface area contributed by atoms with Crippen LogP contribution >= 0.6 is 0 Å². The summed E-state index contributed by atoms with van der Waals surface area (Å²) in [4.78, 5) is 24.4. The molecular weight excluding hydrogens is 272 g/mol. The number of carbonyl (C=O) groups is 1. The second-order valence-electron chi connectivity index (χ2n) is 5.13. The van der Waals surface area contributed by atoms with E-state index in [-0.39, 0.29) is 23.7 Å². The lowest BCUT2D eigenvalue weighted by Crippen LogP contribution is -2.49. The number of rotatable bonds is 3. The van der Waals surface area contributed by atoms with E-state index in [1.54, 1.807) is 23.1 Å². The molecular formula is C15H18N2O4. The van der Waals surface area contributed by atoms with Crippen LogP contribution in [0.15, 0.2) is 30.3 Å². The molecule has 0 aliphatic carbocycles. The minimum Gasteiger partial charge on any atom is -0.375 e. The predicted molar refractivity (Wildman–Crippen MR) is 78.7 cm³/mol. The molecule has 0 unspecified atom stereocenters. The summed E-state index contributed by atoms with van der Waals surface area (Å²) in [5, 5.41) is 10.9. The smallest absolute Gasteiger partial charge is 0.276 e. The van der Waals surface area contributed by atoms with E-state index in [0.717, 1.165) is 0 Å². The summed E-state index contributed by atoms with van der Waals surface area (Å²) in [7, 11) is 0. The van der Waals surface area contributed by atoms with E-state index in [4.69, 9.17) is 4.74 Å². The molecule has 0 spiro atoms. The van der Waals surface area contributed by atoms with E-state index < -0.39 is 4.92 Å². The third-order valence-electron chi connectivity index (χ3n) is 3.43. The lowest BCUT2D eigenvalue weighted by molar-refractivity contribution is -0.385. The predicted octanol–water partition coefficient (Wildman–Crippen LogP) is 2.24. The summed E-state index contributed by atoms with van der Waals surface area (Å²) in [6.07, 6.45) is 2.88. The van der Waals surface area contributed by atoms with Crippen molar-refractivity contribution in [2.75, 3.05) is 13.2 Å². The monoisotopic (exact) mass is 290 g/mol. The van der Waals surface area contributed by atoms with E-state index in [0.29, 0.717) is 18.7 Å². The van der Waals surface area contributed by atoms with E-state index >= 15 is 0 Å². The van der Waals surface area contributed by atoms with Gasteiger partial charge in [0.15, 0.2) is 0 Å². The Hall–Kier alpha value is -2.21. The summed E-state index contributed by atoms with van der Waals surface area (Å²) in [6.45, 7) is 4.87. The molecule has 6 nitrogen and oxygen atoms in total. The number of hydrogen-bond donors (Lipinski definition) is 0. The summed E-state index contributed by atoms with van der Waals surface area (Å²) < 4.78 is 5.48. The average molecular weight is 290 g/mol. The minimum absolute atomic E-state index is 0.00380. The SMILES string of the molecule is C[C@@H]1CN(C(=O)/C=C\c2ccccc2[N+](=O)[O-])[C@H](C)CO1. The molecule has 2 rings (SSSR count). The molecule has 2 atom stereocenters. The van der Waals surface area contributed by atoms with Crippen LogP contribution in [0.25, 0.3) is 6.08 Å². The van der Waals surface area contributed by atoms with Crippen molar-refractivity contribution in [1.29, 1.82) is 0 Å². The van der Waals surface area contributed by atoms with Crippen LogP contribution in [0, 0.1) is 10.1 Å². The van der Waals surface area contributed by atoms with Gasteiger partial charge in [0.2, 0.25) is 5.91 Å². The van der Waals surface area contributed by atoms with Crippen LogP contribution in [0.2, 0.25) is 0 Å². The highest BCUT2D eigenvalue weighted by molar-refractivity contribution is 5.92. The number of nitro benzene ring substituents is 1. The minimum atomic E-state index is -0.455. The molecule has 1 aromatic rings. The number of nitrogens with zero attached hydrogens (tertiary/aromatic N) is 2. The van der Waals surface area contributed by atoms with Crippen molar-refractivity contribution >= 4 is 17.7 Å². The maximum absolute atomic E-state index is 12.2. The highest BCUT2D eigenvalue weighted by Gasteiger charge is 2.26. The Labute approximate surface area is 123 Å². The zero-order valence-electron chi connectivity index (χ0n) is 12.1. The van der Waals surface area contributed by atoms with Gasteiger partial charge in [-0.15, -0.1) is 0 Å². The molecule has 1 aliphatic rings. The fourth-order valence-electron chi connectivity index (χ4n) is 2.26. The second kappa shape index (κ2) is 6.49. The first-order valence-electron chi connectivity index (χ1n) is 6.82. The molecule has 1 saturated heterocycles. The molecule has 6 heteroatoms. The zero-order chi connectivity index (χ0) is 15.4. The van der Waals surface area contributed by atoms with Crippen LogP contribution in [0.4, 0.5) is 5.69 Å². The highest BCUT2D eigenvalue weighted by Crippen LogP contribution is 2.19. The molecule has 1 aliphatic heterocycles. The zero-order valence-corrected chi connectivity index (χ0v) is 12.1. The van der Waals surface area contributed by atoms with Crippen LogP contribution in [0.5, 0.6) is 0 Å². The van der Waals surface area contributed by atoms with Crippen molar-refractivity contribution in [3.63, 3.8) is 0 Å². The number of nitro groups is 1. The fraction of sp³-hybridized carbons (Fsp3) is 0.400. The molecule has 1 amide bonds. The number of amides is 1. The van der Waals surface area contributed by atoms with Crippen molar-refractivity contribution in [3.05, 3.63) is 46.0 Å². The fourth-order valence-corrected chi connectivity index (χ4v) is 2.26. The van der Waals surface area contributed by atoms with Gasteiger partial charge in [0.05, 0.1) is 29.2 Å². The van der Waals surface area contributed by atoms with Crippen LogP contribution in [0.1, 0.15) is 19.4 Å². The van der Waals surface area contributed by atoms with Crippen molar-refractivity contribution in [2.24, 2.45) is 0 Å². The van der Waals surface area contributed by atoms with Crippen molar-refractivity contribution in [2.45, 2.75) is 26.0 Å². The van der Waals surface area contributed by atoms with Crippen molar-refractivity contribution in [1.82, 2.24) is 4.90 Å². The lowest BCUT2D eigenvalue weighted by atomic mass is 10.1. The van der Waals surface area contributed by atoms with Crippen LogP contribution in [-0.2, 0) is 9.53 Å². The molecule has 0 saturated carbocycles. The van der Waals surface area contributed by atoms with Gasteiger partial charge < -0.3 is 9.64 Å². The Morgan fingerprint density at radius 1 is 1.43 bits per heavy atom. The molecule has 1 aromatic carbocycles. The van der Waals surface area contributed by atoms with Gasteiger partial charge in [0.1, 0.15) is 0 Å². The van der Waals surface area contributed by atoms with E-state index in [9.17, 15) is 14.9 Å². The summed E-state index contributed by atoms with van der Waals surface area (Å²) in [5.74, 6) is -0.157. The standard InChI is InChI=1S/C15H18N2O4/c1-11-10-21-12(2)9-16(11)15(18)8-7-13-5-3-4-6-14(13)17(19)20/h3-8,11-12H,9-10H2,1-2H3/b8-7-/t11-,12-/m1/s1. The molecule has 0 bridgehead atoms. The molecule has 0 radical (unpaired) electrons. The Morgan fingerprint density at radius 3 is 2.86 bits per heavy atom. The first-order chi connectivity index (χ1) is 9.99. The van der Waals surface area contributed by atoms with Gasteiger partial charge in [0.25, 0.3) is 5.69 Å². The Kier molecular flexibility index (Phi) is 4.70. The third-order valence-corrected chi connectivity index (χ3v) is 3.43. The van der Waals surface area contributed by atoms with Gasteiger partial charge in [-0.25, -0.2) is 0 Å². The largest absolute Gasteiger partial charge is 0.375 e. The van der Waals surface area contributed by atoms with Crippen LogP contribution in [-0.4, -0.2) is 41.0 Å². The topological polar surface area (TPSA) is 72.7 Å². The number of benzene rings is 1. The summed E-state index contributed by atoms with van der Waals surface area (Å²) >= 11 is 0. The van der Waals surface area contributed by atoms with Gasteiger partial charge >= 0.3 is 0 Å². The molecule has 0 aromatic heterocycles. The van der Waals surface area contributed by atoms with Crippen LogP contribution < -0.4 is 0 Å².